The molecule has 96 valence electrons. The van der Waals surface area contributed by atoms with Gasteiger partial charge in [0, 0.05) is 13.0 Å². The van der Waals surface area contributed by atoms with Gasteiger partial charge in [0.1, 0.15) is 0 Å². The third-order valence-electron chi connectivity index (χ3n) is 2.90. The Bertz CT molecular complexity index is 623. The number of benzene rings is 1. The van der Waals surface area contributed by atoms with Gasteiger partial charge in [0.05, 0.1) is 5.52 Å². The van der Waals surface area contributed by atoms with Gasteiger partial charge in [-0.05, 0) is 37.5 Å². The zero-order valence-corrected chi connectivity index (χ0v) is 10.2. The number of nitrogens with zero attached hydrogens (tertiary/aromatic N) is 1. The minimum atomic E-state index is -0.787. The molecule has 0 bridgehead atoms. The Hall–Kier alpha value is -2.04. The van der Waals surface area contributed by atoms with Crippen molar-refractivity contribution >= 4 is 17.1 Å². The molecule has 0 fully saturated rings. The minimum Gasteiger partial charge on any atom is -0.481 e. The first-order chi connectivity index (χ1) is 8.61. The molecule has 2 rings (SSSR count). The molecule has 0 atom stereocenters. The number of oxazole rings is 1. The van der Waals surface area contributed by atoms with E-state index in [1.807, 2.05) is 19.1 Å². The SMILES string of the molecule is CCn1c(=O)oc2ccc(CCCC(=O)O)cc21. The van der Waals surface area contributed by atoms with Crippen molar-refractivity contribution in [3.8, 4) is 0 Å². The third kappa shape index (κ3) is 2.45. The van der Waals surface area contributed by atoms with E-state index in [0.29, 0.717) is 25.0 Å². The first kappa shape index (κ1) is 12.4. The monoisotopic (exact) mass is 249 g/mol. The highest BCUT2D eigenvalue weighted by Crippen LogP contribution is 2.16. The molecule has 0 radical (unpaired) electrons. The van der Waals surface area contributed by atoms with Gasteiger partial charge in [-0.2, -0.15) is 0 Å². The molecule has 1 N–H and O–H groups in total. The summed E-state index contributed by atoms with van der Waals surface area (Å²) in [4.78, 5) is 21.9. The molecule has 1 aromatic carbocycles. The zero-order chi connectivity index (χ0) is 13.1. The zero-order valence-electron chi connectivity index (χ0n) is 10.2. The van der Waals surface area contributed by atoms with E-state index in [9.17, 15) is 9.59 Å². The van der Waals surface area contributed by atoms with Crippen LogP contribution in [0.15, 0.2) is 27.4 Å². The summed E-state index contributed by atoms with van der Waals surface area (Å²) in [5.41, 5.74) is 2.37. The van der Waals surface area contributed by atoms with Gasteiger partial charge in [0.15, 0.2) is 5.58 Å². The van der Waals surface area contributed by atoms with Crippen LogP contribution in [0.25, 0.3) is 11.1 Å². The van der Waals surface area contributed by atoms with Gasteiger partial charge >= 0.3 is 11.7 Å². The molecule has 0 aliphatic carbocycles. The molecule has 0 unspecified atom stereocenters. The predicted molar refractivity (Wildman–Crippen MR) is 66.7 cm³/mol. The Kier molecular flexibility index (Phi) is 3.50. The summed E-state index contributed by atoms with van der Waals surface area (Å²) in [6.07, 6.45) is 1.43. The lowest BCUT2D eigenvalue weighted by Gasteiger charge is -2.01. The highest BCUT2D eigenvalue weighted by Gasteiger charge is 2.08. The van der Waals surface area contributed by atoms with Crippen molar-refractivity contribution in [2.75, 3.05) is 0 Å². The lowest BCUT2D eigenvalue weighted by atomic mass is 10.1. The molecule has 0 saturated carbocycles. The number of aliphatic carboxylic acids is 1. The Morgan fingerprint density at radius 3 is 2.89 bits per heavy atom. The quantitative estimate of drug-likeness (QED) is 0.879. The van der Waals surface area contributed by atoms with Gasteiger partial charge in [0.2, 0.25) is 0 Å². The summed E-state index contributed by atoms with van der Waals surface area (Å²) in [7, 11) is 0. The maximum Gasteiger partial charge on any atom is 0.419 e. The molecule has 0 aliphatic rings. The van der Waals surface area contributed by atoms with E-state index in [2.05, 4.69) is 0 Å². The second-order valence-electron chi connectivity index (χ2n) is 4.16. The average Bonchev–Trinajstić information content (AvgIpc) is 2.63. The normalized spacial score (nSPS) is 10.9. The molecule has 1 heterocycles. The topological polar surface area (TPSA) is 72.4 Å². The summed E-state index contributed by atoms with van der Waals surface area (Å²) >= 11 is 0. The van der Waals surface area contributed by atoms with Crippen molar-refractivity contribution in [3.63, 3.8) is 0 Å². The third-order valence-corrected chi connectivity index (χ3v) is 2.90. The Morgan fingerprint density at radius 2 is 2.22 bits per heavy atom. The number of hydrogen-bond donors (Lipinski definition) is 1. The summed E-state index contributed by atoms with van der Waals surface area (Å²) in [6.45, 7) is 2.44. The maximum atomic E-state index is 11.5. The maximum absolute atomic E-state index is 11.5. The van der Waals surface area contributed by atoms with Crippen LogP contribution in [0.4, 0.5) is 0 Å². The number of carboxylic acids is 1. The van der Waals surface area contributed by atoms with Crippen molar-refractivity contribution in [1.29, 1.82) is 0 Å². The van der Waals surface area contributed by atoms with Crippen molar-refractivity contribution in [2.24, 2.45) is 0 Å². The first-order valence-electron chi connectivity index (χ1n) is 5.96. The number of carboxylic acid groups (broad SMARTS) is 1. The fourth-order valence-electron chi connectivity index (χ4n) is 2.01. The van der Waals surface area contributed by atoms with Crippen molar-refractivity contribution in [1.82, 2.24) is 4.57 Å². The lowest BCUT2D eigenvalue weighted by molar-refractivity contribution is -0.137. The van der Waals surface area contributed by atoms with Gasteiger partial charge in [-0.25, -0.2) is 4.79 Å². The van der Waals surface area contributed by atoms with E-state index in [1.54, 1.807) is 10.6 Å². The molecule has 2 aromatic rings. The van der Waals surface area contributed by atoms with Crippen molar-refractivity contribution in [2.45, 2.75) is 32.7 Å². The van der Waals surface area contributed by atoms with Crippen LogP contribution in [-0.2, 0) is 17.8 Å². The molecule has 0 spiro atoms. The Morgan fingerprint density at radius 1 is 1.44 bits per heavy atom. The van der Waals surface area contributed by atoms with Crippen LogP contribution < -0.4 is 5.76 Å². The second kappa shape index (κ2) is 5.08. The van der Waals surface area contributed by atoms with Gasteiger partial charge in [-0.1, -0.05) is 6.07 Å². The molecule has 5 heteroatoms. The van der Waals surface area contributed by atoms with Crippen molar-refractivity contribution < 1.29 is 14.3 Å². The van der Waals surface area contributed by atoms with Crippen LogP contribution in [0.3, 0.4) is 0 Å². The second-order valence-corrected chi connectivity index (χ2v) is 4.16. The first-order valence-corrected chi connectivity index (χ1v) is 5.96. The summed E-state index contributed by atoms with van der Waals surface area (Å²) in [5.74, 6) is -1.14. The molecule has 0 amide bonds. The van der Waals surface area contributed by atoms with E-state index in [-0.39, 0.29) is 12.2 Å². The van der Waals surface area contributed by atoms with Crippen molar-refractivity contribution in [3.05, 3.63) is 34.3 Å². The van der Waals surface area contributed by atoms with Crippen LogP contribution >= 0.6 is 0 Å². The number of hydrogen-bond acceptors (Lipinski definition) is 3. The van der Waals surface area contributed by atoms with Gasteiger partial charge in [-0.3, -0.25) is 9.36 Å². The largest absolute Gasteiger partial charge is 0.481 e. The lowest BCUT2D eigenvalue weighted by Crippen LogP contribution is -2.12. The molecule has 0 saturated heterocycles. The molecule has 18 heavy (non-hydrogen) atoms. The van der Waals surface area contributed by atoms with Gasteiger partial charge < -0.3 is 9.52 Å². The van der Waals surface area contributed by atoms with Crippen LogP contribution in [0.2, 0.25) is 0 Å². The van der Waals surface area contributed by atoms with Gasteiger partial charge in [0.25, 0.3) is 0 Å². The number of fused-ring (bicyclic) bond motifs is 1. The molecular weight excluding hydrogens is 234 g/mol. The molecule has 0 aliphatic heterocycles. The number of rotatable bonds is 5. The fourth-order valence-corrected chi connectivity index (χ4v) is 2.01. The molecule has 5 nitrogen and oxygen atoms in total. The van der Waals surface area contributed by atoms with Crippen LogP contribution in [0.1, 0.15) is 25.3 Å². The standard InChI is InChI=1S/C13H15NO4/c1-2-14-10-8-9(4-3-5-12(15)16)6-7-11(10)18-13(14)17/h6-8H,2-5H2,1H3,(H,15,16). The van der Waals surface area contributed by atoms with E-state index >= 15 is 0 Å². The predicted octanol–water partition coefficient (Wildman–Crippen LogP) is 2.02. The Balaban J connectivity index is 2.26. The highest BCUT2D eigenvalue weighted by atomic mass is 16.4. The highest BCUT2D eigenvalue weighted by molar-refractivity contribution is 5.73. The summed E-state index contributed by atoms with van der Waals surface area (Å²) in [5, 5.41) is 8.59. The fraction of sp³-hybridized carbons (Fsp3) is 0.385. The number of carbonyl (C=O) groups is 1. The molecular formula is C13H15NO4. The van der Waals surface area contributed by atoms with Crippen LogP contribution in [0.5, 0.6) is 0 Å². The van der Waals surface area contributed by atoms with E-state index in [0.717, 1.165) is 11.1 Å². The van der Waals surface area contributed by atoms with E-state index in [1.165, 1.54) is 0 Å². The number of aromatic nitrogens is 1. The average molecular weight is 249 g/mol. The van der Waals surface area contributed by atoms with E-state index in [4.69, 9.17) is 9.52 Å². The van der Waals surface area contributed by atoms with E-state index < -0.39 is 5.97 Å². The Labute approximate surface area is 104 Å². The number of aryl methyl sites for hydroxylation is 2. The van der Waals surface area contributed by atoms with Gasteiger partial charge in [-0.15, -0.1) is 0 Å². The molecule has 1 aromatic heterocycles. The smallest absolute Gasteiger partial charge is 0.419 e. The summed E-state index contributed by atoms with van der Waals surface area (Å²) in [6, 6.07) is 5.53. The minimum absolute atomic E-state index is 0.157. The van der Waals surface area contributed by atoms with Crippen LogP contribution in [-0.4, -0.2) is 15.6 Å². The summed E-state index contributed by atoms with van der Waals surface area (Å²) < 4.78 is 6.67. The van der Waals surface area contributed by atoms with Crippen LogP contribution in [0, 0.1) is 0 Å².